The number of hydrogen-bond acceptors (Lipinski definition) is 6. The van der Waals surface area contributed by atoms with Crippen molar-refractivity contribution in [1.29, 1.82) is 5.26 Å². The summed E-state index contributed by atoms with van der Waals surface area (Å²) < 4.78 is 9.85. The fraction of sp³-hybridized carbons (Fsp3) is 0.0667. The summed E-state index contributed by atoms with van der Waals surface area (Å²) in [5.41, 5.74) is 1.03. The number of nitro groups is 1. The molecule has 0 aliphatic rings. The van der Waals surface area contributed by atoms with Crippen LogP contribution in [0.5, 0.6) is 0 Å². The van der Waals surface area contributed by atoms with Crippen LogP contribution in [0, 0.1) is 21.4 Å². The van der Waals surface area contributed by atoms with Crippen molar-refractivity contribution in [2.75, 3.05) is 0 Å². The van der Waals surface area contributed by atoms with E-state index in [-0.39, 0.29) is 12.4 Å². The number of benzene rings is 1. The molecule has 0 fully saturated rings. The van der Waals surface area contributed by atoms with Crippen molar-refractivity contribution < 1.29 is 18.9 Å². The molecule has 0 amide bonds. The summed E-state index contributed by atoms with van der Waals surface area (Å²) >= 11 is 0. The Morgan fingerprint density at radius 3 is 2.82 bits per heavy atom. The molecule has 0 saturated carbocycles. The molecule has 7 nitrogen and oxygen atoms in total. The Morgan fingerprint density at radius 2 is 2.14 bits per heavy atom. The first-order valence-electron chi connectivity index (χ1n) is 6.17. The van der Waals surface area contributed by atoms with Gasteiger partial charge in [-0.25, -0.2) is 4.79 Å². The van der Waals surface area contributed by atoms with Crippen molar-refractivity contribution >= 4 is 17.9 Å². The summed E-state index contributed by atoms with van der Waals surface area (Å²) in [6.45, 7) is -0.0365. The van der Waals surface area contributed by atoms with Gasteiger partial charge in [-0.3, -0.25) is 10.1 Å². The molecule has 0 saturated heterocycles. The smallest absolute Gasteiger partial charge is 0.433 e. The lowest BCUT2D eigenvalue weighted by molar-refractivity contribution is -0.402. The van der Waals surface area contributed by atoms with Gasteiger partial charge in [0.1, 0.15) is 17.3 Å². The first-order valence-corrected chi connectivity index (χ1v) is 6.17. The van der Waals surface area contributed by atoms with Crippen LogP contribution in [0.15, 0.2) is 46.9 Å². The highest BCUT2D eigenvalue weighted by atomic mass is 16.6. The van der Waals surface area contributed by atoms with Crippen molar-refractivity contribution in [2.24, 2.45) is 0 Å². The lowest BCUT2D eigenvalue weighted by Gasteiger charge is -2.03. The number of nitriles is 1. The van der Waals surface area contributed by atoms with E-state index in [1.165, 1.54) is 18.2 Å². The summed E-state index contributed by atoms with van der Waals surface area (Å²) in [7, 11) is 0. The minimum atomic E-state index is -0.672. The first-order chi connectivity index (χ1) is 10.6. The normalized spacial score (nSPS) is 10.3. The number of carbonyl (C=O) groups is 1. The molecule has 0 N–H and O–H groups in total. The molecular weight excluding hydrogens is 288 g/mol. The Morgan fingerprint density at radius 1 is 1.36 bits per heavy atom. The molecule has 0 unspecified atom stereocenters. The Labute approximate surface area is 125 Å². The van der Waals surface area contributed by atoms with Crippen LogP contribution in [0.25, 0.3) is 6.08 Å². The van der Waals surface area contributed by atoms with E-state index in [9.17, 15) is 14.9 Å². The largest absolute Gasteiger partial charge is 0.458 e. The molecule has 0 radical (unpaired) electrons. The molecule has 0 bridgehead atoms. The molecule has 22 heavy (non-hydrogen) atoms. The number of furan rings is 1. The summed E-state index contributed by atoms with van der Waals surface area (Å²) in [5, 5.41) is 19.4. The van der Waals surface area contributed by atoms with E-state index in [0.29, 0.717) is 11.1 Å². The predicted molar refractivity (Wildman–Crippen MR) is 75.3 cm³/mol. The zero-order valence-corrected chi connectivity index (χ0v) is 11.3. The van der Waals surface area contributed by atoms with E-state index < -0.39 is 16.8 Å². The standard InChI is InChI=1S/C15H10N2O5/c16-9-11-3-1-2-4-12(11)10-21-15(18)8-6-13-5-7-14(22-13)17(19)20/h1-8H,10H2/b8-6+. The maximum Gasteiger partial charge on any atom is 0.433 e. The summed E-state index contributed by atoms with van der Waals surface area (Å²) in [6.07, 6.45) is 2.36. The van der Waals surface area contributed by atoms with Crippen molar-refractivity contribution in [3.63, 3.8) is 0 Å². The van der Waals surface area contributed by atoms with Gasteiger partial charge < -0.3 is 9.15 Å². The second kappa shape index (κ2) is 6.85. The highest BCUT2D eigenvalue weighted by Crippen LogP contribution is 2.16. The highest BCUT2D eigenvalue weighted by molar-refractivity contribution is 5.86. The van der Waals surface area contributed by atoms with Crippen LogP contribution in [0.4, 0.5) is 5.88 Å². The van der Waals surface area contributed by atoms with Gasteiger partial charge in [0.15, 0.2) is 0 Å². The van der Waals surface area contributed by atoms with Gasteiger partial charge in [0.05, 0.1) is 17.7 Å². The van der Waals surface area contributed by atoms with E-state index >= 15 is 0 Å². The molecule has 2 rings (SSSR count). The maximum absolute atomic E-state index is 11.6. The molecule has 0 spiro atoms. The number of carbonyl (C=O) groups excluding carboxylic acids is 1. The third-order valence-electron chi connectivity index (χ3n) is 2.68. The van der Waals surface area contributed by atoms with Crippen LogP contribution in [0.2, 0.25) is 0 Å². The molecule has 1 heterocycles. The van der Waals surface area contributed by atoms with Gasteiger partial charge >= 0.3 is 11.9 Å². The summed E-state index contributed by atoms with van der Waals surface area (Å²) in [5.74, 6) is -0.885. The van der Waals surface area contributed by atoms with E-state index in [1.54, 1.807) is 24.3 Å². The van der Waals surface area contributed by atoms with Gasteiger partial charge in [0, 0.05) is 11.6 Å². The SMILES string of the molecule is N#Cc1ccccc1COC(=O)/C=C/c1ccc([N+](=O)[O-])o1. The number of nitrogens with zero attached hydrogens (tertiary/aromatic N) is 2. The molecule has 2 aromatic rings. The highest BCUT2D eigenvalue weighted by Gasteiger charge is 2.10. The second-order valence-electron chi connectivity index (χ2n) is 4.14. The molecule has 1 aromatic heterocycles. The predicted octanol–water partition coefficient (Wildman–Crippen LogP) is 2.82. The molecule has 110 valence electrons. The Bertz CT molecular complexity index is 770. The quantitative estimate of drug-likeness (QED) is 0.363. The maximum atomic E-state index is 11.6. The van der Waals surface area contributed by atoms with E-state index in [2.05, 4.69) is 0 Å². The van der Waals surface area contributed by atoms with Gasteiger partial charge in [0.2, 0.25) is 0 Å². The van der Waals surface area contributed by atoms with Gasteiger partial charge in [-0.05, 0) is 18.2 Å². The molecule has 0 aliphatic carbocycles. The average Bonchev–Trinajstić information content (AvgIpc) is 3.00. The van der Waals surface area contributed by atoms with Crippen LogP contribution in [0.3, 0.4) is 0 Å². The van der Waals surface area contributed by atoms with E-state index in [0.717, 1.165) is 6.08 Å². The topological polar surface area (TPSA) is 106 Å². The van der Waals surface area contributed by atoms with Gasteiger partial charge in [-0.1, -0.05) is 18.2 Å². The monoisotopic (exact) mass is 298 g/mol. The number of hydrogen-bond donors (Lipinski definition) is 0. The van der Waals surface area contributed by atoms with Crippen LogP contribution in [-0.4, -0.2) is 10.9 Å². The molecular formula is C15H10N2O5. The van der Waals surface area contributed by atoms with Crippen molar-refractivity contribution in [3.05, 3.63) is 69.5 Å². The van der Waals surface area contributed by atoms with E-state index in [1.807, 2.05) is 6.07 Å². The first kappa shape index (κ1) is 15.0. The molecule has 0 atom stereocenters. The lowest BCUT2D eigenvalue weighted by Crippen LogP contribution is -2.02. The van der Waals surface area contributed by atoms with Gasteiger partial charge in [0.25, 0.3) is 0 Å². The van der Waals surface area contributed by atoms with Gasteiger partial charge in [-0.15, -0.1) is 0 Å². The third kappa shape index (κ3) is 3.80. The number of esters is 1. The van der Waals surface area contributed by atoms with E-state index in [4.69, 9.17) is 14.4 Å². The summed E-state index contributed by atoms with van der Waals surface area (Å²) in [4.78, 5) is 21.3. The Kier molecular flexibility index (Phi) is 4.67. The third-order valence-corrected chi connectivity index (χ3v) is 2.68. The van der Waals surface area contributed by atoms with Crippen molar-refractivity contribution in [3.8, 4) is 6.07 Å². The molecule has 7 heteroatoms. The van der Waals surface area contributed by atoms with Crippen molar-refractivity contribution in [2.45, 2.75) is 6.61 Å². The van der Waals surface area contributed by atoms with Crippen LogP contribution >= 0.6 is 0 Å². The van der Waals surface area contributed by atoms with Gasteiger partial charge in [-0.2, -0.15) is 5.26 Å². The second-order valence-corrected chi connectivity index (χ2v) is 4.14. The minimum Gasteiger partial charge on any atom is -0.458 e. The average molecular weight is 298 g/mol. The van der Waals surface area contributed by atoms with Crippen LogP contribution in [-0.2, 0) is 16.1 Å². The molecule has 1 aromatic carbocycles. The number of ether oxygens (including phenoxy) is 1. The summed E-state index contributed by atoms with van der Waals surface area (Å²) in [6, 6.07) is 11.3. The fourth-order valence-corrected chi connectivity index (χ4v) is 1.63. The lowest BCUT2D eigenvalue weighted by atomic mass is 10.1. The Balaban J connectivity index is 1.94. The Hall–Kier alpha value is -3.40. The minimum absolute atomic E-state index is 0.0365. The number of rotatable bonds is 5. The zero-order valence-electron chi connectivity index (χ0n) is 11.3. The molecule has 0 aliphatic heterocycles. The fourth-order valence-electron chi connectivity index (χ4n) is 1.63. The van der Waals surface area contributed by atoms with Crippen molar-refractivity contribution in [1.82, 2.24) is 0 Å². The zero-order chi connectivity index (χ0) is 15.9. The van der Waals surface area contributed by atoms with Crippen LogP contribution < -0.4 is 0 Å². The van der Waals surface area contributed by atoms with Crippen LogP contribution in [0.1, 0.15) is 16.9 Å².